The molecule has 1 N–H and O–H groups in total. The third kappa shape index (κ3) is 3.27. The van der Waals surface area contributed by atoms with Crippen LogP contribution < -0.4 is 10.2 Å². The molecule has 1 aliphatic heterocycles. The second-order valence-electron chi connectivity index (χ2n) is 4.84. The van der Waals surface area contributed by atoms with Crippen molar-refractivity contribution in [2.75, 3.05) is 31.1 Å². The van der Waals surface area contributed by atoms with Gasteiger partial charge >= 0.3 is 0 Å². The summed E-state index contributed by atoms with van der Waals surface area (Å²) in [6.45, 7) is 4.06. The maximum absolute atomic E-state index is 4.72. The van der Waals surface area contributed by atoms with Gasteiger partial charge in [0, 0.05) is 35.0 Å². The second kappa shape index (κ2) is 6.49. The zero-order valence-electron chi connectivity index (χ0n) is 11.2. The lowest BCUT2D eigenvalue weighted by Gasteiger charge is -2.20. The molecule has 2 heterocycles. The molecule has 0 atom stereocenters. The molecule has 0 amide bonds. The van der Waals surface area contributed by atoms with Crippen LogP contribution in [0.25, 0.3) is 11.3 Å². The van der Waals surface area contributed by atoms with Gasteiger partial charge in [0.15, 0.2) is 0 Å². The first kappa shape index (κ1) is 13.8. The number of hydrogen-bond donors (Lipinski definition) is 1. The number of rotatable bonds is 2. The first-order chi connectivity index (χ1) is 9.83. The summed E-state index contributed by atoms with van der Waals surface area (Å²) in [4.78, 5) is 11.4. The van der Waals surface area contributed by atoms with Crippen molar-refractivity contribution in [1.82, 2.24) is 15.3 Å². The van der Waals surface area contributed by atoms with Crippen molar-refractivity contribution in [2.45, 2.75) is 6.42 Å². The van der Waals surface area contributed by atoms with Crippen LogP contribution in [0, 0.1) is 3.57 Å². The Morgan fingerprint density at radius 1 is 1.05 bits per heavy atom. The van der Waals surface area contributed by atoms with Gasteiger partial charge in [-0.05, 0) is 53.8 Å². The minimum atomic E-state index is 0.838. The van der Waals surface area contributed by atoms with Crippen molar-refractivity contribution in [1.29, 1.82) is 0 Å². The van der Waals surface area contributed by atoms with Crippen molar-refractivity contribution >= 4 is 28.5 Å². The van der Waals surface area contributed by atoms with E-state index >= 15 is 0 Å². The van der Waals surface area contributed by atoms with E-state index in [0.29, 0.717) is 0 Å². The van der Waals surface area contributed by atoms with Crippen molar-refractivity contribution in [3.8, 4) is 11.3 Å². The Morgan fingerprint density at radius 2 is 1.90 bits per heavy atom. The molecule has 5 heteroatoms. The molecule has 0 bridgehead atoms. The van der Waals surface area contributed by atoms with Gasteiger partial charge in [-0.15, -0.1) is 0 Å². The maximum atomic E-state index is 4.72. The van der Waals surface area contributed by atoms with Gasteiger partial charge in [-0.3, -0.25) is 0 Å². The van der Waals surface area contributed by atoms with Crippen molar-refractivity contribution in [3.05, 3.63) is 40.1 Å². The van der Waals surface area contributed by atoms with E-state index in [1.807, 2.05) is 12.3 Å². The monoisotopic (exact) mass is 380 g/mol. The SMILES string of the molecule is Ic1ccc(-c2ccnc(N3CCCNCC3)n2)cc1. The van der Waals surface area contributed by atoms with Gasteiger partial charge < -0.3 is 10.2 Å². The second-order valence-corrected chi connectivity index (χ2v) is 6.09. The van der Waals surface area contributed by atoms with Crippen LogP contribution in [-0.2, 0) is 0 Å². The predicted octanol–water partition coefficient (Wildman–Crippen LogP) is 2.55. The summed E-state index contributed by atoms with van der Waals surface area (Å²) in [7, 11) is 0. The first-order valence-electron chi connectivity index (χ1n) is 6.87. The molecule has 0 unspecified atom stereocenters. The third-order valence-corrected chi connectivity index (χ3v) is 4.12. The summed E-state index contributed by atoms with van der Waals surface area (Å²) in [6.07, 6.45) is 2.99. The Kier molecular flexibility index (Phi) is 4.47. The zero-order chi connectivity index (χ0) is 13.8. The lowest BCUT2D eigenvalue weighted by Crippen LogP contribution is -2.29. The molecule has 1 saturated heterocycles. The number of nitrogens with zero attached hydrogens (tertiary/aromatic N) is 3. The number of anilines is 1. The highest BCUT2D eigenvalue weighted by atomic mass is 127. The van der Waals surface area contributed by atoms with Crippen LogP contribution in [0.5, 0.6) is 0 Å². The van der Waals surface area contributed by atoms with E-state index in [1.54, 1.807) is 0 Å². The molecule has 4 nitrogen and oxygen atoms in total. The highest BCUT2D eigenvalue weighted by molar-refractivity contribution is 14.1. The largest absolute Gasteiger partial charge is 0.339 e. The molecule has 2 aromatic rings. The summed E-state index contributed by atoms with van der Waals surface area (Å²) >= 11 is 2.31. The third-order valence-electron chi connectivity index (χ3n) is 3.41. The van der Waals surface area contributed by atoms with Gasteiger partial charge in [0.1, 0.15) is 0 Å². The molecule has 0 radical (unpaired) electrons. The summed E-state index contributed by atoms with van der Waals surface area (Å²) in [5, 5.41) is 3.40. The predicted molar refractivity (Wildman–Crippen MR) is 89.9 cm³/mol. The van der Waals surface area contributed by atoms with Gasteiger partial charge in [0.05, 0.1) is 5.69 Å². The molecule has 0 saturated carbocycles. The molecule has 0 spiro atoms. The molecule has 1 fully saturated rings. The van der Waals surface area contributed by atoms with E-state index < -0.39 is 0 Å². The van der Waals surface area contributed by atoms with Crippen LogP contribution in [-0.4, -0.2) is 36.1 Å². The number of hydrogen-bond acceptors (Lipinski definition) is 4. The lowest BCUT2D eigenvalue weighted by molar-refractivity contribution is 0.724. The van der Waals surface area contributed by atoms with E-state index in [4.69, 9.17) is 4.98 Å². The molecule has 20 heavy (non-hydrogen) atoms. The number of nitrogens with one attached hydrogen (secondary N) is 1. The molecule has 0 aliphatic carbocycles. The van der Waals surface area contributed by atoms with E-state index in [9.17, 15) is 0 Å². The van der Waals surface area contributed by atoms with E-state index in [0.717, 1.165) is 49.8 Å². The molecule has 1 aromatic heterocycles. The van der Waals surface area contributed by atoms with Gasteiger partial charge in [-0.1, -0.05) is 12.1 Å². The van der Waals surface area contributed by atoms with Crippen molar-refractivity contribution in [2.24, 2.45) is 0 Å². The highest BCUT2D eigenvalue weighted by Gasteiger charge is 2.12. The van der Waals surface area contributed by atoms with Gasteiger partial charge in [0.2, 0.25) is 5.95 Å². The van der Waals surface area contributed by atoms with E-state index in [1.165, 1.54) is 3.57 Å². The van der Waals surface area contributed by atoms with Crippen molar-refractivity contribution < 1.29 is 0 Å². The Hall–Kier alpha value is -1.21. The maximum Gasteiger partial charge on any atom is 0.225 e. The number of benzene rings is 1. The van der Waals surface area contributed by atoms with Crippen LogP contribution in [0.4, 0.5) is 5.95 Å². The number of aromatic nitrogens is 2. The van der Waals surface area contributed by atoms with Gasteiger partial charge in [0.25, 0.3) is 0 Å². The van der Waals surface area contributed by atoms with Crippen LogP contribution in [0.3, 0.4) is 0 Å². The Bertz CT molecular complexity index is 562. The fraction of sp³-hybridized carbons (Fsp3) is 0.333. The molecular formula is C15H17IN4. The van der Waals surface area contributed by atoms with Crippen LogP contribution in [0.1, 0.15) is 6.42 Å². The summed E-state index contributed by atoms with van der Waals surface area (Å²) in [5.41, 5.74) is 2.13. The van der Waals surface area contributed by atoms with Crippen LogP contribution in [0.2, 0.25) is 0 Å². The first-order valence-corrected chi connectivity index (χ1v) is 7.95. The minimum Gasteiger partial charge on any atom is -0.339 e. The summed E-state index contributed by atoms with van der Waals surface area (Å²) < 4.78 is 1.24. The standard InChI is InChI=1S/C15H17IN4/c16-13-4-2-12(3-5-13)14-6-8-18-15(19-14)20-10-1-7-17-9-11-20/h2-6,8,17H,1,7,9-11H2. The van der Waals surface area contributed by atoms with Crippen LogP contribution in [0.15, 0.2) is 36.5 Å². The summed E-state index contributed by atoms with van der Waals surface area (Å²) in [5.74, 6) is 0.838. The van der Waals surface area contributed by atoms with E-state index in [-0.39, 0.29) is 0 Å². The van der Waals surface area contributed by atoms with Crippen LogP contribution >= 0.6 is 22.6 Å². The van der Waals surface area contributed by atoms with Crippen molar-refractivity contribution in [3.63, 3.8) is 0 Å². The Balaban J connectivity index is 1.86. The number of halogens is 1. The highest BCUT2D eigenvalue weighted by Crippen LogP contribution is 2.20. The normalized spacial score (nSPS) is 15.9. The smallest absolute Gasteiger partial charge is 0.225 e. The summed E-state index contributed by atoms with van der Waals surface area (Å²) in [6, 6.07) is 10.4. The average molecular weight is 380 g/mol. The average Bonchev–Trinajstić information content (AvgIpc) is 2.77. The lowest BCUT2D eigenvalue weighted by atomic mass is 10.1. The molecule has 3 rings (SSSR count). The Labute approximate surface area is 132 Å². The van der Waals surface area contributed by atoms with Gasteiger partial charge in [-0.2, -0.15) is 0 Å². The van der Waals surface area contributed by atoms with Gasteiger partial charge in [-0.25, -0.2) is 9.97 Å². The quantitative estimate of drug-likeness (QED) is 0.814. The zero-order valence-corrected chi connectivity index (χ0v) is 13.4. The molecular weight excluding hydrogens is 363 g/mol. The fourth-order valence-corrected chi connectivity index (χ4v) is 2.69. The topological polar surface area (TPSA) is 41.1 Å². The minimum absolute atomic E-state index is 0.838. The molecule has 1 aliphatic rings. The fourth-order valence-electron chi connectivity index (χ4n) is 2.33. The molecule has 104 valence electrons. The van der Waals surface area contributed by atoms with E-state index in [2.05, 4.69) is 62.1 Å². The Morgan fingerprint density at radius 3 is 2.75 bits per heavy atom. The molecule has 1 aromatic carbocycles.